The van der Waals surface area contributed by atoms with Crippen molar-refractivity contribution >= 4 is 11.6 Å². The van der Waals surface area contributed by atoms with Gasteiger partial charge in [-0.15, -0.1) is 0 Å². The van der Waals surface area contributed by atoms with Crippen LogP contribution in [0.5, 0.6) is 0 Å². The van der Waals surface area contributed by atoms with Crippen LogP contribution < -0.4 is 5.32 Å². The van der Waals surface area contributed by atoms with Gasteiger partial charge in [0.05, 0.1) is 6.61 Å². The van der Waals surface area contributed by atoms with Crippen LogP contribution >= 0.6 is 0 Å². The van der Waals surface area contributed by atoms with E-state index in [0.717, 1.165) is 41.8 Å². The van der Waals surface area contributed by atoms with Gasteiger partial charge >= 0.3 is 0 Å². The molecular weight excluding hydrogens is 384 g/mol. The Morgan fingerprint density at radius 1 is 0.968 bits per heavy atom. The van der Waals surface area contributed by atoms with E-state index in [1.807, 2.05) is 54.6 Å². The number of aryl methyl sites for hydroxylation is 1. The Morgan fingerprint density at radius 2 is 1.65 bits per heavy atom. The molecule has 3 aromatic rings. The molecule has 0 radical (unpaired) electrons. The van der Waals surface area contributed by atoms with Crippen LogP contribution in [-0.4, -0.2) is 36.6 Å². The van der Waals surface area contributed by atoms with Gasteiger partial charge in [-0.25, -0.2) is 0 Å². The lowest BCUT2D eigenvalue weighted by Gasteiger charge is -2.27. The van der Waals surface area contributed by atoms with Crippen LogP contribution in [0.2, 0.25) is 0 Å². The molecule has 4 nitrogen and oxygen atoms in total. The number of hydrogen-bond donors (Lipinski definition) is 2. The maximum Gasteiger partial charge on any atom is 0.255 e. The quantitative estimate of drug-likeness (QED) is 0.611. The third-order valence-electron chi connectivity index (χ3n) is 6.03. The smallest absolute Gasteiger partial charge is 0.255 e. The summed E-state index contributed by atoms with van der Waals surface area (Å²) in [7, 11) is 4.27. The van der Waals surface area contributed by atoms with E-state index < -0.39 is 0 Å². The van der Waals surface area contributed by atoms with Gasteiger partial charge in [0, 0.05) is 17.8 Å². The van der Waals surface area contributed by atoms with Crippen molar-refractivity contribution in [2.45, 2.75) is 25.9 Å². The zero-order valence-electron chi connectivity index (χ0n) is 18.3. The van der Waals surface area contributed by atoms with E-state index in [-0.39, 0.29) is 12.5 Å². The fraction of sp³-hybridized carbons (Fsp3) is 0.296. The maximum atomic E-state index is 12.7. The third kappa shape index (κ3) is 5.22. The van der Waals surface area contributed by atoms with E-state index in [1.54, 1.807) is 0 Å². The number of carbonyl (C=O) groups is 1. The highest BCUT2D eigenvalue weighted by Gasteiger charge is 2.19. The van der Waals surface area contributed by atoms with E-state index in [2.05, 4.69) is 36.4 Å². The average molecular weight is 415 g/mol. The third-order valence-corrected chi connectivity index (χ3v) is 6.03. The topological polar surface area (TPSA) is 52.6 Å². The Kier molecular flexibility index (Phi) is 6.50. The van der Waals surface area contributed by atoms with Crippen LogP contribution in [-0.2, 0) is 19.4 Å². The van der Waals surface area contributed by atoms with Crippen molar-refractivity contribution in [2.24, 2.45) is 5.92 Å². The summed E-state index contributed by atoms with van der Waals surface area (Å²) in [6, 6.07) is 21.7. The molecule has 0 saturated carbocycles. The number of hydrogen-bond acceptors (Lipinski definition) is 3. The summed E-state index contributed by atoms with van der Waals surface area (Å²) < 4.78 is 0. The summed E-state index contributed by atoms with van der Waals surface area (Å²) in [5.74, 6) is 0.615. The van der Waals surface area contributed by atoms with E-state index in [1.165, 1.54) is 17.5 Å². The van der Waals surface area contributed by atoms with Crippen LogP contribution in [0.3, 0.4) is 0 Å². The number of rotatable bonds is 6. The van der Waals surface area contributed by atoms with Crippen molar-refractivity contribution < 1.29 is 9.90 Å². The molecule has 4 rings (SSSR count). The van der Waals surface area contributed by atoms with Crippen LogP contribution in [0.1, 0.15) is 33.5 Å². The summed E-state index contributed by atoms with van der Waals surface area (Å²) in [4.78, 5) is 15.0. The molecule has 4 heteroatoms. The zero-order chi connectivity index (χ0) is 21.8. The Morgan fingerprint density at radius 3 is 2.29 bits per heavy atom. The highest BCUT2D eigenvalue weighted by atomic mass is 16.3. The molecule has 1 amide bonds. The number of anilines is 1. The second-order valence-electron chi connectivity index (χ2n) is 8.74. The van der Waals surface area contributed by atoms with Gasteiger partial charge < -0.3 is 15.3 Å². The predicted octanol–water partition coefficient (Wildman–Crippen LogP) is 4.76. The number of nitrogens with one attached hydrogen (secondary N) is 1. The lowest BCUT2D eigenvalue weighted by atomic mass is 9.83. The molecule has 1 atom stereocenters. The first-order valence-corrected chi connectivity index (χ1v) is 10.9. The normalized spacial score (nSPS) is 15.5. The lowest BCUT2D eigenvalue weighted by Crippen LogP contribution is -2.26. The van der Waals surface area contributed by atoms with Crippen LogP contribution in [0.15, 0.2) is 66.7 Å². The fourth-order valence-electron chi connectivity index (χ4n) is 4.40. The van der Waals surface area contributed by atoms with Gasteiger partial charge in [-0.1, -0.05) is 42.5 Å². The predicted molar refractivity (Wildman–Crippen MR) is 126 cm³/mol. The van der Waals surface area contributed by atoms with E-state index in [0.29, 0.717) is 11.5 Å². The van der Waals surface area contributed by atoms with Crippen LogP contribution in [0.4, 0.5) is 5.69 Å². The molecule has 0 heterocycles. The SMILES string of the molecule is CN(C)CC1CCc2cc(NC(=O)c3ccc(-c4ccc(CO)cc4)cc3)ccc2C1. The van der Waals surface area contributed by atoms with Crippen LogP contribution in [0, 0.1) is 5.92 Å². The molecule has 31 heavy (non-hydrogen) atoms. The molecule has 3 aromatic carbocycles. The maximum absolute atomic E-state index is 12.7. The fourth-order valence-corrected chi connectivity index (χ4v) is 4.40. The molecular formula is C27H30N2O2. The highest BCUT2D eigenvalue weighted by Crippen LogP contribution is 2.28. The van der Waals surface area contributed by atoms with Crippen molar-refractivity contribution in [3.05, 3.63) is 89.0 Å². The number of nitrogens with zero attached hydrogens (tertiary/aromatic N) is 1. The summed E-state index contributed by atoms with van der Waals surface area (Å²) in [6.45, 7) is 1.16. The zero-order valence-corrected chi connectivity index (χ0v) is 18.3. The summed E-state index contributed by atoms with van der Waals surface area (Å²) >= 11 is 0. The lowest BCUT2D eigenvalue weighted by molar-refractivity contribution is 0.102. The van der Waals surface area contributed by atoms with Gasteiger partial charge in [-0.3, -0.25) is 4.79 Å². The minimum atomic E-state index is -0.0941. The van der Waals surface area contributed by atoms with E-state index in [4.69, 9.17) is 0 Å². The van der Waals surface area contributed by atoms with Gasteiger partial charge in [0.25, 0.3) is 5.91 Å². The van der Waals surface area contributed by atoms with Crippen molar-refractivity contribution in [1.82, 2.24) is 4.90 Å². The van der Waals surface area contributed by atoms with Crippen molar-refractivity contribution in [1.29, 1.82) is 0 Å². The summed E-state index contributed by atoms with van der Waals surface area (Å²) in [5, 5.41) is 12.2. The van der Waals surface area contributed by atoms with E-state index in [9.17, 15) is 9.90 Å². The average Bonchev–Trinajstić information content (AvgIpc) is 2.79. The minimum absolute atomic E-state index is 0.0404. The highest BCUT2D eigenvalue weighted by molar-refractivity contribution is 6.04. The van der Waals surface area contributed by atoms with Gasteiger partial charge in [-0.05, 0) is 91.4 Å². The van der Waals surface area contributed by atoms with Gasteiger partial charge in [0.1, 0.15) is 0 Å². The monoisotopic (exact) mass is 414 g/mol. The molecule has 1 aliphatic carbocycles. The number of carbonyl (C=O) groups excluding carboxylic acids is 1. The molecule has 160 valence electrons. The molecule has 0 fully saturated rings. The first kappa shape index (κ1) is 21.3. The standard InChI is InChI=1S/C27H30N2O2/c1-29(2)17-20-5-8-25-16-26(14-13-24(25)15-20)28-27(31)23-11-9-22(10-12-23)21-6-3-19(18-30)4-7-21/h3-4,6-7,9-14,16,20,30H,5,8,15,17-18H2,1-2H3,(H,28,31). The number of aliphatic hydroxyl groups is 1. The van der Waals surface area contributed by atoms with Crippen LogP contribution in [0.25, 0.3) is 11.1 Å². The Hall–Kier alpha value is -2.95. The second kappa shape index (κ2) is 9.46. The molecule has 0 bridgehead atoms. The molecule has 0 aromatic heterocycles. The first-order valence-electron chi connectivity index (χ1n) is 10.9. The second-order valence-corrected chi connectivity index (χ2v) is 8.74. The number of fused-ring (bicyclic) bond motifs is 1. The molecule has 1 aliphatic rings. The molecule has 2 N–H and O–H groups in total. The first-order chi connectivity index (χ1) is 15.0. The van der Waals surface area contributed by atoms with Gasteiger partial charge in [-0.2, -0.15) is 0 Å². The van der Waals surface area contributed by atoms with E-state index >= 15 is 0 Å². The number of benzene rings is 3. The number of aliphatic hydroxyl groups excluding tert-OH is 1. The Labute approximate surface area is 184 Å². The van der Waals surface area contributed by atoms with Gasteiger partial charge in [0.15, 0.2) is 0 Å². The van der Waals surface area contributed by atoms with Crippen molar-refractivity contribution in [3.8, 4) is 11.1 Å². The molecule has 1 unspecified atom stereocenters. The Balaban J connectivity index is 1.41. The molecule has 0 aliphatic heterocycles. The van der Waals surface area contributed by atoms with Crippen molar-refractivity contribution in [3.63, 3.8) is 0 Å². The van der Waals surface area contributed by atoms with Gasteiger partial charge in [0.2, 0.25) is 0 Å². The largest absolute Gasteiger partial charge is 0.392 e. The molecule has 0 spiro atoms. The molecule has 0 saturated heterocycles. The number of amides is 1. The minimum Gasteiger partial charge on any atom is -0.392 e. The van der Waals surface area contributed by atoms with Crippen molar-refractivity contribution in [2.75, 3.05) is 26.0 Å². The summed E-state index contributed by atoms with van der Waals surface area (Å²) in [5.41, 5.74) is 7.26. The Bertz CT molecular complexity index is 1040. The summed E-state index contributed by atoms with van der Waals surface area (Å²) in [6.07, 6.45) is 3.38.